The van der Waals surface area contributed by atoms with Crippen molar-refractivity contribution in [1.82, 2.24) is 4.90 Å². The molecule has 2 atom stereocenters. The Labute approximate surface area is 108 Å². The number of nitrogens with one attached hydrogen (secondary N) is 1. The molecule has 2 aliphatic rings. The second kappa shape index (κ2) is 4.63. The molecule has 1 saturated heterocycles. The Balaban J connectivity index is 1.66. The zero-order valence-corrected chi connectivity index (χ0v) is 10.9. The van der Waals surface area contributed by atoms with Gasteiger partial charge in [0.25, 0.3) is 0 Å². The fourth-order valence-electron chi connectivity index (χ4n) is 3.04. The van der Waals surface area contributed by atoms with Gasteiger partial charge in [0.1, 0.15) is 0 Å². The third-order valence-electron chi connectivity index (χ3n) is 4.14. The summed E-state index contributed by atoms with van der Waals surface area (Å²) in [5.41, 5.74) is 2.50. The summed E-state index contributed by atoms with van der Waals surface area (Å²) in [5.74, 6) is 1.34. The van der Waals surface area contributed by atoms with Crippen LogP contribution < -0.4 is 5.32 Å². The number of hydrogen-bond acceptors (Lipinski definition) is 2. The van der Waals surface area contributed by atoms with E-state index >= 15 is 0 Å². The Bertz CT molecular complexity index is 458. The van der Waals surface area contributed by atoms with Crippen LogP contribution in [0.25, 0.3) is 0 Å². The summed E-state index contributed by atoms with van der Waals surface area (Å²) in [6.07, 6.45) is 1.81. The van der Waals surface area contributed by atoms with E-state index in [1.807, 2.05) is 11.0 Å². The molecule has 2 unspecified atom stereocenters. The summed E-state index contributed by atoms with van der Waals surface area (Å²) in [6.45, 7) is 5.01. The summed E-state index contributed by atoms with van der Waals surface area (Å²) in [7, 11) is 0. The van der Waals surface area contributed by atoms with E-state index in [1.54, 1.807) is 0 Å². The third kappa shape index (κ3) is 2.09. The Morgan fingerprint density at radius 2 is 2.28 bits per heavy atom. The van der Waals surface area contributed by atoms with Crippen molar-refractivity contribution in [2.24, 2.45) is 5.92 Å². The van der Waals surface area contributed by atoms with Crippen molar-refractivity contribution < 1.29 is 4.79 Å². The molecule has 0 aromatic heterocycles. The number of amides is 1. The molecular formula is C15H20N2O. The van der Waals surface area contributed by atoms with Crippen LogP contribution in [-0.4, -0.2) is 30.4 Å². The lowest BCUT2D eigenvalue weighted by molar-refractivity contribution is -0.130. The third-order valence-corrected chi connectivity index (χ3v) is 4.14. The molecule has 0 spiro atoms. The number of anilines is 1. The van der Waals surface area contributed by atoms with E-state index in [2.05, 4.69) is 30.4 Å². The summed E-state index contributed by atoms with van der Waals surface area (Å²) >= 11 is 0. The number of benzene rings is 1. The van der Waals surface area contributed by atoms with Gasteiger partial charge in [0.05, 0.1) is 0 Å². The van der Waals surface area contributed by atoms with Crippen molar-refractivity contribution >= 4 is 11.6 Å². The topological polar surface area (TPSA) is 32.3 Å². The maximum absolute atomic E-state index is 12.3. The second-order valence-electron chi connectivity index (χ2n) is 5.60. The lowest BCUT2D eigenvalue weighted by atomic mass is 9.97. The van der Waals surface area contributed by atoms with Gasteiger partial charge in [0.2, 0.25) is 5.91 Å². The Kier molecular flexibility index (Phi) is 2.98. The van der Waals surface area contributed by atoms with Crippen LogP contribution in [0, 0.1) is 5.92 Å². The first-order valence-corrected chi connectivity index (χ1v) is 6.84. The predicted molar refractivity (Wildman–Crippen MR) is 72.7 cm³/mol. The zero-order valence-electron chi connectivity index (χ0n) is 10.9. The van der Waals surface area contributed by atoms with Gasteiger partial charge >= 0.3 is 0 Å². The van der Waals surface area contributed by atoms with Gasteiger partial charge < -0.3 is 10.2 Å². The number of hydrogen-bond donors (Lipinski definition) is 1. The highest BCUT2D eigenvalue weighted by molar-refractivity contribution is 5.78. The van der Waals surface area contributed by atoms with Crippen LogP contribution in [0.3, 0.4) is 0 Å². The van der Waals surface area contributed by atoms with Crippen LogP contribution in [0.2, 0.25) is 0 Å². The molecule has 3 nitrogen and oxygen atoms in total. The first-order valence-electron chi connectivity index (χ1n) is 6.84. The van der Waals surface area contributed by atoms with Crippen LogP contribution in [-0.2, 0) is 4.79 Å². The van der Waals surface area contributed by atoms with Gasteiger partial charge in [-0.25, -0.2) is 0 Å². The molecule has 0 saturated carbocycles. The molecule has 3 rings (SSSR count). The quantitative estimate of drug-likeness (QED) is 0.866. The molecule has 2 heterocycles. The number of rotatable bonds is 2. The number of nitrogens with zero attached hydrogens (tertiary/aromatic N) is 1. The maximum Gasteiger partial charge on any atom is 0.223 e. The maximum atomic E-state index is 12.3. The average Bonchev–Trinajstić information content (AvgIpc) is 2.97. The van der Waals surface area contributed by atoms with E-state index in [1.165, 1.54) is 11.3 Å². The SMILES string of the molecule is CC1CCN(C(=O)CC2CNc3ccccc32)C1. The molecular weight excluding hydrogens is 224 g/mol. The largest absolute Gasteiger partial charge is 0.384 e. The summed E-state index contributed by atoms with van der Waals surface area (Å²) < 4.78 is 0. The monoisotopic (exact) mass is 244 g/mol. The summed E-state index contributed by atoms with van der Waals surface area (Å²) in [5, 5.41) is 3.38. The molecule has 0 bridgehead atoms. The van der Waals surface area contributed by atoms with Crippen LogP contribution >= 0.6 is 0 Å². The molecule has 18 heavy (non-hydrogen) atoms. The number of carbonyl (C=O) groups excluding carboxylic acids is 1. The van der Waals surface area contributed by atoms with Crippen molar-refractivity contribution in [1.29, 1.82) is 0 Å². The van der Waals surface area contributed by atoms with Gasteiger partial charge in [0, 0.05) is 37.7 Å². The van der Waals surface area contributed by atoms with E-state index in [4.69, 9.17) is 0 Å². The molecule has 2 aliphatic heterocycles. The van der Waals surface area contributed by atoms with Gasteiger partial charge in [-0.05, 0) is 24.0 Å². The highest BCUT2D eigenvalue weighted by Gasteiger charge is 2.28. The van der Waals surface area contributed by atoms with E-state index in [9.17, 15) is 4.79 Å². The molecule has 3 heteroatoms. The molecule has 0 aliphatic carbocycles. The first kappa shape index (κ1) is 11.6. The molecule has 1 amide bonds. The Hall–Kier alpha value is -1.51. The zero-order chi connectivity index (χ0) is 12.5. The molecule has 0 radical (unpaired) electrons. The van der Waals surface area contributed by atoms with E-state index in [0.29, 0.717) is 24.2 Å². The second-order valence-corrected chi connectivity index (χ2v) is 5.60. The summed E-state index contributed by atoms with van der Waals surface area (Å²) in [4.78, 5) is 14.3. The Morgan fingerprint density at radius 1 is 1.44 bits per heavy atom. The highest BCUT2D eigenvalue weighted by atomic mass is 16.2. The van der Waals surface area contributed by atoms with Crippen molar-refractivity contribution in [3.8, 4) is 0 Å². The van der Waals surface area contributed by atoms with Crippen LogP contribution in [0.15, 0.2) is 24.3 Å². The van der Waals surface area contributed by atoms with Crippen molar-refractivity contribution in [3.63, 3.8) is 0 Å². The first-order chi connectivity index (χ1) is 8.74. The molecule has 1 aromatic carbocycles. The standard InChI is InChI=1S/C15H20N2O/c1-11-6-7-17(10-11)15(18)8-12-9-16-14-5-3-2-4-13(12)14/h2-5,11-12,16H,6-10H2,1H3. The van der Waals surface area contributed by atoms with Crippen LogP contribution in [0.4, 0.5) is 5.69 Å². The van der Waals surface area contributed by atoms with Gasteiger partial charge in [-0.15, -0.1) is 0 Å². The van der Waals surface area contributed by atoms with E-state index in [-0.39, 0.29) is 0 Å². The van der Waals surface area contributed by atoms with Crippen LogP contribution in [0.1, 0.15) is 31.2 Å². The Morgan fingerprint density at radius 3 is 3.06 bits per heavy atom. The van der Waals surface area contributed by atoms with Crippen molar-refractivity contribution in [3.05, 3.63) is 29.8 Å². The van der Waals surface area contributed by atoms with Gasteiger partial charge in [-0.3, -0.25) is 4.79 Å². The highest BCUT2D eigenvalue weighted by Crippen LogP contribution is 2.33. The molecule has 96 valence electrons. The number of carbonyl (C=O) groups is 1. The average molecular weight is 244 g/mol. The minimum atomic E-state index is 0.322. The summed E-state index contributed by atoms with van der Waals surface area (Å²) in [6, 6.07) is 8.33. The minimum Gasteiger partial charge on any atom is -0.384 e. The van der Waals surface area contributed by atoms with Crippen molar-refractivity contribution in [2.45, 2.75) is 25.7 Å². The van der Waals surface area contributed by atoms with Gasteiger partial charge in [-0.2, -0.15) is 0 Å². The van der Waals surface area contributed by atoms with Gasteiger partial charge in [0.15, 0.2) is 0 Å². The molecule has 1 aromatic rings. The lowest BCUT2D eigenvalue weighted by Gasteiger charge is -2.18. The van der Waals surface area contributed by atoms with Gasteiger partial charge in [-0.1, -0.05) is 25.1 Å². The number of para-hydroxylation sites is 1. The van der Waals surface area contributed by atoms with Crippen molar-refractivity contribution in [2.75, 3.05) is 25.0 Å². The normalized spacial score (nSPS) is 25.9. The molecule has 1 N–H and O–H groups in total. The fourth-order valence-corrected chi connectivity index (χ4v) is 3.04. The van der Waals surface area contributed by atoms with E-state index < -0.39 is 0 Å². The molecule has 1 fully saturated rings. The minimum absolute atomic E-state index is 0.322. The van der Waals surface area contributed by atoms with E-state index in [0.717, 1.165) is 26.1 Å². The smallest absolute Gasteiger partial charge is 0.223 e. The number of fused-ring (bicyclic) bond motifs is 1. The predicted octanol–water partition coefficient (Wildman–Crippen LogP) is 2.45. The van der Waals surface area contributed by atoms with Crippen LogP contribution in [0.5, 0.6) is 0 Å². The number of likely N-dealkylation sites (tertiary alicyclic amines) is 1. The fraction of sp³-hybridized carbons (Fsp3) is 0.533. The lowest BCUT2D eigenvalue weighted by Crippen LogP contribution is -2.30.